The molecule has 0 saturated heterocycles. The largest absolute Gasteiger partial charge is 0.273 e. The number of hydrogen-bond acceptors (Lipinski definition) is 2. The highest BCUT2D eigenvalue weighted by Crippen LogP contribution is 1.91. The zero-order chi connectivity index (χ0) is 8.85. The van der Waals surface area contributed by atoms with Crippen LogP contribution in [0.15, 0.2) is 12.2 Å². The Kier molecular flexibility index (Phi) is 4.54. The normalized spacial score (nSPS) is 9.82. The van der Waals surface area contributed by atoms with Gasteiger partial charge < -0.3 is 0 Å². The maximum Gasteiger partial charge on any atom is 0.246 e. The molecule has 1 N–H and O–H groups in total. The number of carbonyl (C=O) groups is 1. The fourth-order valence-corrected chi connectivity index (χ4v) is 0.348. The minimum Gasteiger partial charge on any atom is -0.273 e. The van der Waals surface area contributed by atoms with E-state index >= 15 is 0 Å². The summed E-state index contributed by atoms with van der Waals surface area (Å²) in [6.07, 6.45) is 0. The molecule has 3 nitrogen and oxygen atoms in total. The SMILES string of the molecule is C=C(C)CONC(=O)C(C)C. The summed E-state index contributed by atoms with van der Waals surface area (Å²) in [4.78, 5) is 15.7. The van der Waals surface area contributed by atoms with Crippen LogP contribution in [0.25, 0.3) is 0 Å². The van der Waals surface area contributed by atoms with E-state index in [4.69, 9.17) is 4.84 Å². The van der Waals surface area contributed by atoms with Gasteiger partial charge in [-0.05, 0) is 6.92 Å². The molecule has 64 valence electrons. The molecule has 0 aliphatic carbocycles. The van der Waals surface area contributed by atoms with Crippen molar-refractivity contribution in [2.75, 3.05) is 6.61 Å². The van der Waals surface area contributed by atoms with Crippen molar-refractivity contribution in [1.29, 1.82) is 0 Å². The molecule has 0 radical (unpaired) electrons. The van der Waals surface area contributed by atoms with Crippen LogP contribution in [-0.4, -0.2) is 12.5 Å². The average Bonchev–Trinajstić information content (AvgIpc) is 1.86. The predicted octanol–water partition coefficient (Wildman–Crippen LogP) is 1.27. The lowest BCUT2D eigenvalue weighted by atomic mass is 10.2. The van der Waals surface area contributed by atoms with Crippen LogP contribution in [0.4, 0.5) is 0 Å². The molecule has 0 aliphatic heterocycles. The predicted molar refractivity (Wildman–Crippen MR) is 43.7 cm³/mol. The summed E-state index contributed by atoms with van der Waals surface area (Å²) in [6, 6.07) is 0. The van der Waals surface area contributed by atoms with Crippen LogP contribution in [0.2, 0.25) is 0 Å². The number of amides is 1. The third kappa shape index (κ3) is 5.61. The molecule has 0 unspecified atom stereocenters. The first-order valence-electron chi connectivity index (χ1n) is 3.60. The Hall–Kier alpha value is -0.830. The lowest BCUT2D eigenvalue weighted by Gasteiger charge is -2.06. The van der Waals surface area contributed by atoms with Crippen LogP contribution in [0.3, 0.4) is 0 Å². The van der Waals surface area contributed by atoms with Crippen molar-refractivity contribution >= 4 is 5.91 Å². The summed E-state index contributed by atoms with van der Waals surface area (Å²) >= 11 is 0. The van der Waals surface area contributed by atoms with Gasteiger partial charge in [-0.3, -0.25) is 9.63 Å². The maximum absolute atomic E-state index is 10.9. The number of nitrogens with one attached hydrogen (secondary N) is 1. The number of hydroxylamine groups is 1. The van der Waals surface area contributed by atoms with Crippen LogP contribution in [0.1, 0.15) is 20.8 Å². The maximum atomic E-state index is 10.9. The molecule has 0 heterocycles. The van der Waals surface area contributed by atoms with Gasteiger partial charge in [0.05, 0.1) is 6.61 Å². The summed E-state index contributed by atoms with van der Waals surface area (Å²) in [5.41, 5.74) is 3.20. The van der Waals surface area contributed by atoms with Gasteiger partial charge in [-0.25, -0.2) is 5.48 Å². The molecule has 0 aliphatic rings. The fraction of sp³-hybridized carbons (Fsp3) is 0.625. The summed E-state index contributed by atoms with van der Waals surface area (Å²) in [6.45, 7) is 9.44. The molecule has 1 amide bonds. The molecule has 0 rings (SSSR count). The second-order valence-corrected chi connectivity index (χ2v) is 2.87. The molecule has 0 saturated carbocycles. The van der Waals surface area contributed by atoms with E-state index in [-0.39, 0.29) is 11.8 Å². The Balaban J connectivity index is 3.39. The molecule has 11 heavy (non-hydrogen) atoms. The Morgan fingerprint density at radius 3 is 2.55 bits per heavy atom. The van der Waals surface area contributed by atoms with E-state index in [0.717, 1.165) is 5.57 Å². The third-order valence-electron chi connectivity index (χ3n) is 1.02. The molecule has 0 bridgehead atoms. The van der Waals surface area contributed by atoms with Crippen LogP contribution < -0.4 is 5.48 Å². The molecular formula is C8H15NO2. The second-order valence-electron chi connectivity index (χ2n) is 2.87. The van der Waals surface area contributed by atoms with Crippen molar-refractivity contribution in [2.45, 2.75) is 20.8 Å². The highest BCUT2D eigenvalue weighted by atomic mass is 16.6. The molecule has 0 fully saturated rings. The van der Waals surface area contributed by atoms with Crippen molar-refractivity contribution < 1.29 is 9.63 Å². The van der Waals surface area contributed by atoms with Gasteiger partial charge >= 0.3 is 0 Å². The third-order valence-corrected chi connectivity index (χ3v) is 1.02. The Bertz CT molecular complexity index is 152. The Morgan fingerprint density at radius 2 is 2.18 bits per heavy atom. The van der Waals surface area contributed by atoms with Gasteiger partial charge in [0.2, 0.25) is 5.91 Å². The van der Waals surface area contributed by atoms with Gasteiger partial charge in [0.25, 0.3) is 0 Å². The number of hydrogen-bond donors (Lipinski definition) is 1. The quantitative estimate of drug-likeness (QED) is 0.493. The molecule has 0 aromatic rings. The van der Waals surface area contributed by atoms with E-state index in [2.05, 4.69) is 12.1 Å². The first kappa shape index (κ1) is 10.2. The van der Waals surface area contributed by atoms with Crippen molar-refractivity contribution in [3.63, 3.8) is 0 Å². The van der Waals surface area contributed by atoms with Gasteiger partial charge in [0.1, 0.15) is 0 Å². The van der Waals surface area contributed by atoms with Gasteiger partial charge in [-0.15, -0.1) is 0 Å². The van der Waals surface area contributed by atoms with Crippen LogP contribution in [-0.2, 0) is 9.63 Å². The number of carbonyl (C=O) groups excluding carboxylic acids is 1. The van der Waals surface area contributed by atoms with Gasteiger partial charge in [0.15, 0.2) is 0 Å². The molecule has 0 aromatic heterocycles. The number of rotatable bonds is 4. The van der Waals surface area contributed by atoms with Crippen molar-refractivity contribution in [1.82, 2.24) is 5.48 Å². The lowest BCUT2D eigenvalue weighted by Crippen LogP contribution is -2.28. The van der Waals surface area contributed by atoms with E-state index in [1.807, 2.05) is 6.92 Å². The van der Waals surface area contributed by atoms with E-state index in [0.29, 0.717) is 6.61 Å². The highest BCUT2D eigenvalue weighted by Gasteiger charge is 2.04. The Labute approximate surface area is 67.4 Å². The molecule has 0 atom stereocenters. The molecule has 0 aromatic carbocycles. The first-order valence-corrected chi connectivity index (χ1v) is 3.60. The summed E-state index contributed by atoms with van der Waals surface area (Å²) in [5.74, 6) is -0.147. The van der Waals surface area contributed by atoms with Crippen molar-refractivity contribution in [3.8, 4) is 0 Å². The van der Waals surface area contributed by atoms with E-state index in [1.54, 1.807) is 13.8 Å². The minimum absolute atomic E-state index is 0.0416. The van der Waals surface area contributed by atoms with Crippen molar-refractivity contribution in [2.24, 2.45) is 5.92 Å². The van der Waals surface area contributed by atoms with Gasteiger partial charge in [-0.1, -0.05) is 26.0 Å². The highest BCUT2D eigenvalue weighted by molar-refractivity contribution is 5.76. The van der Waals surface area contributed by atoms with Gasteiger partial charge in [0, 0.05) is 5.92 Å². The molecular weight excluding hydrogens is 142 g/mol. The first-order chi connectivity index (χ1) is 5.04. The summed E-state index contributed by atoms with van der Waals surface area (Å²) < 4.78 is 0. The van der Waals surface area contributed by atoms with Crippen LogP contribution >= 0.6 is 0 Å². The topological polar surface area (TPSA) is 38.3 Å². The fourth-order valence-electron chi connectivity index (χ4n) is 0.348. The zero-order valence-corrected chi connectivity index (χ0v) is 7.31. The second kappa shape index (κ2) is 4.91. The standard InChI is InChI=1S/C8H15NO2/c1-6(2)5-11-9-8(10)7(3)4/h7H,1,5H2,2-4H3,(H,9,10). The minimum atomic E-state index is -0.105. The lowest BCUT2D eigenvalue weighted by molar-refractivity contribution is -0.135. The molecule has 0 spiro atoms. The van der Waals surface area contributed by atoms with E-state index in [9.17, 15) is 4.79 Å². The Morgan fingerprint density at radius 1 is 1.64 bits per heavy atom. The van der Waals surface area contributed by atoms with Crippen molar-refractivity contribution in [3.05, 3.63) is 12.2 Å². The molecule has 3 heteroatoms. The average molecular weight is 157 g/mol. The van der Waals surface area contributed by atoms with Crippen LogP contribution in [0, 0.1) is 5.92 Å². The zero-order valence-electron chi connectivity index (χ0n) is 7.31. The van der Waals surface area contributed by atoms with Crippen LogP contribution in [0.5, 0.6) is 0 Å². The summed E-state index contributed by atoms with van der Waals surface area (Å²) in [7, 11) is 0. The van der Waals surface area contributed by atoms with E-state index < -0.39 is 0 Å². The summed E-state index contributed by atoms with van der Waals surface area (Å²) in [5, 5.41) is 0. The smallest absolute Gasteiger partial charge is 0.246 e. The monoisotopic (exact) mass is 157 g/mol. The van der Waals surface area contributed by atoms with E-state index in [1.165, 1.54) is 0 Å². The van der Waals surface area contributed by atoms with Gasteiger partial charge in [-0.2, -0.15) is 0 Å².